The zero-order valence-electron chi connectivity index (χ0n) is 39.4. The summed E-state index contributed by atoms with van der Waals surface area (Å²) in [5, 5.41) is 79.0. The van der Waals surface area contributed by atoms with Crippen molar-refractivity contribution in [1.29, 1.82) is 0 Å². The van der Waals surface area contributed by atoms with Crippen molar-refractivity contribution in [2.45, 2.75) is 261 Å². The molecule has 0 radical (unpaired) electrons. The lowest BCUT2D eigenvalue weighted by atomic mass is 9.95. The van der Waals surface area contributed by atoms with E-state index in [1.54, 1.807) is 6.92 Å². The molecule has 0 spiro atoms. The molecule has 0 aromatic rings. The molecule has 0 saturated carbocycles. The fourth-order valence-corrected chi connectivity index (χ4v) is 8.91. The lowest BCUT2D eigenvalue weighted by molar-refractivity contribution is -0.406. The molecule has 382 valence electrons. The fourth-order valence-electron chi connectivity index (χ4n) is 8.91. The van der Waals surface area contributed by atoms with Crippen molar-refractivity contribution in [3.8, 4) is 0 Å². The number of hydrogen-bond donors (Lipinski definition) is 7. The predicted molar refractivity (Wildman–Crippen MR) is 225 cm³/mol. The Morgan fingerprint density at radius 1 is 0.606 bits per heavy atom. The summed E-state index contributed by atoms with van der Waals surface area (Å²) in [4.78, 5) is 38.9. The van der Waals surface area contributed by atoms with Gasteiger partial charge in [0.1, 0.15) is 54.9 Å². The number of aliphatic hydroxyl groups is 7. The van der Waals surface area contributed by atoms with E-state index in [1.165, 1.54) is 34.6 Å². The van der Waals surface area contributed by atoms with Crippen LogP contribution in [0.15, 0.2) is 0 Å². The summed E-state index contributed by atoms with van der Waals surface area (Å²) in [6.45, 7) is 11.9. The molecule has 5 aliphatic rings. The maximum Gasteiger partial charge on any atom is 0.311 e. The summed E-state index contributed by atoms with van der Waals surface area (Å²) in [5.41, 5.74) is 0. The van der Waals surface area contributed by atoms with Crippen molar-refractivity contribution < 1.29 is 102 Å². The average Bonchev–Trinajstić information content (AvgIpc) is 3.26. The molecule has 0 aromatic heterocycles. The molecule has 2 bridgehead atoms. The van der Waals surface area contributed by atoms with Crippen LogP contribution in [0.5, 0.6) is 0 Å². The molecule has 0 amide bonds. The molecule has 23 unspecified atom stereocenters. The molecule has 5 aliphatic heterocycles. The van der Waals surface area contributed by atoms with Gasteiger partial charge in [-0.2, -0.15) is 0 Å². The zero-order chi connectivity index (χ0) is 48.6. The quantitative estimate of drug-likeness (QED) is 0.131. The van der Waals surface area contributed by atoms with Crippen LogP contribution in [0.25, 0.3) is 0 Å². The smallest absolute Gasteiger partial charge is 0.311 e. The maximum absolute atomic E-state index is 13.6. The topological polar surface area (TPSA) is 294 Å². The number of ether oxygens (including phenoxy) is 11. The summed E-state index contributed by atoms with van der Waals surface area (Å²) in [6, 6.07) is 0. The molecule has 5 fully saturated rings. The van der Waals surface area contributed by atoms with E-state index in [-0.39, 0.29) is 12.5 Å². The lowest BCUT2D eigenvalue weighted by Gasteiger charge is -2.50. The van der Waals surface area contributed by atoms with Crippen molar-refractivity contribution in [3.05, 3.63) is 0 Å². The van der Waals surface area contributed by atoms with E-state index in [1.807, 2.05) is 6.92 Å². The first-order valence-corrected chi connectivity index (χ1v) is 23.8. The van der Waals surface area contributed by atoms with Gasteiger partial charge < -0.3 is 87.9 Å². The predicted octanol–water partition coefficient (Wildman–Crippen LogP) is 0.769. The van der Waals surface area contributed by atoms with Gasteiger partial charge in [-0.25, -0.2) is 0 Å². The molecule has 5 rings (SSSR count). The maximum atomic E-state index is 13.6. The van der Waals surface area contributed by atoms with Gasteiger partial charge in [-0.3, -0.25) is 14.4 Å². The molecular weight excluding hydrogens is 876 g/mol. The summed E-state index contributed by atoms with van der Waals surface area (Å²) in [6.07, 6.45) is -24.1. The first kappa shape index (κ1) is 54.7. The van der Waals surface area contributed by atoms with Gasteiger partial charge in [0.05, 0.1) is 42.5 Å². The minimum Gasteiger partial charge on any atom is -0.457 e. The average molecular weight is 953 g/mol. The normalized spacial score (nSPS) is 44.7. The lowest BCUT2D eigenvalue weighted by Crippen LogP contribution is -2.68. The van der Waals surface area contributed by atoms with Gasteiger partial charge in [0.25, 0.3) is 0 Å². The van der Waals surface area contributed by atoms with Crippen molar-refractivity contribution in [3.63, 3.8) is 0 Å². The van der Waals surface area contributed by atoms with Gasteiger partial charge in [-0.1, -0.05) is 51.9 Å². The van der Waals surface area contributed by atoms with Crippen molar-refractivity contribution in [2.24, 2.45) is 5.92 Å². The van der Waals surface area contributed by atoms with Gasteiger partial charge in [0, 0.05) is 13.3 Å². The van der Waals surface area contributed by atoms with E-state index in [2.05, 4.69) is 0 Å². The number of carbonyl (C=O) groups is 3. The first-order chi connectivity index (χ1) is 31.2. The Balaban J connectivity index is 1.59. The van der Waals surface area contributed by atoms with Gasteiger partial charge in [0.15, 0.2) is 43.5 Å². The second kappa shape index (κ2) is 25.1. The standard InChI is InChI=1S/C45H76O21/c1-9-17-27-18-15-13-11-10-12-14-16-19-28(48)62-39-36(63-41(55)20(2)21(3)46)30(50)23(5)57-44(39)64-37-31(51)24(6)58-45(65-38-32(52)29(49)22(4)56-43(38)61-27)40(37)66-42-34(54)33(53)35(25(7)59-42)60-26(8)47/h20-25,27,29-40,42-46,49-54H,9-19H2,1-8H3. The number of fused-ring (bicyclic) bond motifs is 4. The van der Waals surface area contributed by atoms with Crippen molar-refractivity contribution >= 4 is 17.9 Å². The van der Waals surface area contributed by atoms with E-state index in [4.69, 9.17) is 52.1 Å². The fraction of sp³-hybridized carbons (Fsp3) is 0.933. The zero-order valence-corrected chi connectivity index (χ0v) is 39.4. The number of rotatable bonds is 8. The van der Waals surface area contributed by atoms with Crippen LogP contribution < -0.4 is 0 Å². The minimum absolute atomic E-state index is 0.0442. The highest BCUT2D eigenvalue weighted by molar-refractivity contribution is 5.73. The Kier molecular flexibility index (Phi) is 20.8. The van der Waals surface area contributed by atoms with E-state index >= 15 is 0 Å². The van der Waals surface area contributed by atoms with Crippen LogP contribution in [-0.2, 0) is 66.5 Å². The first-order valence-electron chi connectivity index (χ1n) is 23.8. The van der Waals surface area contributed by atoms with E-state index in [0.29, 0.717) is 25.7 Å². The largest absolute Gasteiger partial charge is 0.457 e. The molecule has 66 heavy (non-hydrogen) atoms. The van der Waals surface area contributed by atoms with E-state index in [9.17, 15) is 50.1 Å². The number of esters is 3. The minimum atomic E-state index is -1.90. The third-order valence-electron chi connectivity index (χ3n) is 13.2. The Hall–Kier alpha value is -2.19. The molecule has 21 heteroatoms. The Bertz CT molecular complexity index is 1520. The second-order valence-electron chi connectivity index (χ2n) is 18.6. The summed E-state index contributed by atoms with van der Waals surface area (Å²) < 4.78 is 67.4. The third-order valence-corrected chi connectivity index (χ3v) is 13.2. The monoisotopic (exact) mass is 952 g/mol. The van der Waals surface area contributed by atoms with Crippen LogP contribution in [0, 0.1) is 5.92 Å². The molecule has 0 aromatic carbocycles. The molecule has 23 atom stereocenters. The molecule has 0 aliphatic carbocycles. The molecular formula is C45H76O21. The molecule has 5 heterocycles. The molecule has 7 N–H and O–H groups in total. The highest BCUT2D eigenvalue weighted by Gasteiger charge is 2.57. The van der Waals surface area contributed by atoms with Crippen molar-refractivity contribution in [1.82, 2.24) is 0 Å². The SMILES string of the molecule is CCCC1CCCCCCCCCC(=O)OC2C(OC(C)C(O)C2OC(=O)C(C)C(C)O)OC2C(O)C(C)OC(OC3C(O1)OC(C)C(O)C3O)C2OC1OC(C)C(OC(C)=O)C(O)C1O. The third kappa shape index (κ3) is 13.8. The van der Waals surface area contributed by atoms with Gasteiger partial charge in [-0.15, -0.1) is 0 Å². The van der Waals surface area contributed by atoms with Crippen LogP contribution in [-0.4, -0.2) is 189 Å². The Morgan fingerprint density at radius 3 is 1.82 bits per heavy atom. The van der Waals surface area contributed by atoms with Crippen LogP contribution in [0.3, 0.4) is 0 Å². The van der Waals surface area contributed by atoms with Crippen LogP contribution >= 0.6 is 0 Å². The highest BCUT2D eigenvalue weighted by Crippen LogP contribution is 2.38. The summed E-state index contributed by atoms with van der Waals surface area (Å²) in [7, 11) is 0. The number of carbonyl (C=O) groups excluding carboxylic acids is 3. The van der Waals surface area contributed by atoms with Crippen LogP contribution in [0.1, 0.15) is 126 Å². The number of hydrogen-bond acceptors (Lipinski definition) is 21. The van der Waals surface area contributed by atoms with E-state index in [0.717, 1.165) is 45.4 Å². The van der Waals surface area contributed by atoms with Crippen LogP contribution in [0.2, 0.25) is 0 Å². The van der Waals surface area contributed by atoms with Gasteiger partial charge in [0.2, 0.25) is 0 Å². The molecule has 5 saturated heterocycles. The second-order valence-corrected chi connectivity index (χ2v) is 18.6. The van der Waals surface area contributed by atoms with E-state index < -0.39 is 153 Å². The Morgan fingerprint density at radius 2 is 1.18 bits per heavy atom. The van der Waals surface area contributed by atoms with Gasteiger partial charge in [-0.05, 0) is 60.8 Å². The van der Waals surface area contributed by atoms with Gasteiger partial charge >= 0.3 is 17.9 Å². The summed E-state index contributed by atoms with van der Waals surface area (Å²) >= 11 is 0. The van der Waals surface area contributed by atoms with Crippen LogP contribution in [0.4, 0.5) is 0 Å². The molecule has 21 nitrogen and oxygen atoms in total. The Labute approximate surface area is 386 Å². The number of aliphatic hydroxyl groups excluding tert-OH is 7. The van der Waals surface area contributed by atoms with Crippen molar-refractivity contribution in [2.75, 3.05) is 0 Å². The highest BCUT2D eigenvalue weighted by atomic mass is 16.8. The summed E-state index contributed by atoms with van der Waals surface area (Å²) in [5.74, 6) is -3.46.